The number of phenolic OH excluding ortho intramolecular Hbond substituents is 1. The van der Waals surface area contributed by atoms with E-state index in [1.54, 1.807) is 6.07 Å². The molecule has 1 atom stereocenters. The van der Waals surface area contributed by atoms with E-state index in [0.717, 1.165) is 31.6 Å². The van der Waals surface area contributed by atoms with Gasteiger partial charge in [-0.1, -0.05) is 45.9 Å². The summed E-state index contributed by atoms with van der Waals surface area (Å²) in [5.74, 6) is 1.51. The molecule has 5 heteroatoms. The fraction of sp³-hybridized carbons (Fsp3) is 0.682. The van der Waals surface area contributed by atoms with Gasteiger partial charge in [0.2, 0.25) is 5.91 Å². The number of para-hydroxylation sites is 1. The van der Waals surface area contributed by atoms with Crippen molar-refractivity contribution in [3.63, 3.8) is 0 Å². The summed E-state index contributed by atoms with van der Waals surface area (Å²) in [6.45, 7) is 13.0. The summed E-state index contributed by atoms with van der Waals surface area (Å²) in [5.41, 5.74) is 0.936. The van der Waals surface area contributed by atoms with Gasteiger partial charge in [0.25, 0.3) is 0 Å². The fourth-order valence-corrected chi connectivity index (χ4v) is 3.38. The van der Waals surface area contributed by atoms with Crippen LogP contribution in [0, 0.1) is 11.8 Å². The maximum atomic E-state index is 12.7. The van der Waals surface area contributed by atoms with Crippen molar-refractivity contribution in [3.8, 4) is 5.75 Å². The summed E-state index contributed by atoms with van der Waals surface area (Å²) >= 11 is 0. The Hall–Kier alpha value is -1.59. The van der Waals surface area contributed by atoms with Crippen molar-refractivity contribution in [1.82, 2.24) is 9.80 Å². The first-order valence-corrected chi connectivity index (χ1v) is 10.2. The number of carbonyl (C=O) groups is 1. The number of ether oxygens (including phenoxy) is 1. The van der Waals surface area contributed by atoms with Gasteiger partial charge in [-0.05, 0) is 24.3 Å². The predicted octanol–water partition coefficient (Wildman–Crippen LogP) is 3.51. The van der Waals surface area contributed by atoms with Crippen LogP contribution in [0.2, 0.25) is 0 Å². The molecule has 0 saturated carbocycles. The molecule has 0 unspecified atom stereocenters. The van der Waals surface area contributed by atoms with Gasteiger partial charge in [-0.3, -0.25) is 9.69 Å². The van der Waals surface area contributed by atoms with Gasteiger partial charge < -0.3 is 14.7 Å². The van der Waals surface area contributed by atoms with Gasteiger partial charge in [-0.15, -0.1) is 0 Å². The van der Waals surface area contributed by atoms with E-state index in [0.29, 0.717) is 43.7 Å². The molecule has 0 spiro atoms. The second-order valence-electron chi connectivity index (χ2n) is 8.48. The Balaban J connectivity index is 1.95. The second kappa shape index (κ2) is 10.7. The predicted molar refractivity (Wildman–Crippen MR) is 109 cm³/mol. The zero-order valence-corrected chi connectivity index (χ0v) is 17.4. The summed E-state index contributed by atoms with van der Waals surface area (Å²) in [7, 11) is 0. The van der Waals surface area contributed by atoms with Crippen molar-refractivity contribution >= 4 is 5.91 Å². The van der Waals surface area contributed by atoms with Gasteiger partial charge in [0.15, 0.2) is 0 Å². The van der Waals surface area contributed by atoms with E-state index < -0.39 is 0 Å². The highest BCUT2D eigenvalue weighted by Crippen LogP contribution is 2.20. The van der Waals surface area contributed by atoms with Crippen molar-refractivity contribution in [1.29, 1.82) is 0 Å². The van der Waals surface area contributed by atoms with E-state index in [2.05, 4.69) is 32.6 Å². The lowest BCUT2D eigenvalue weighted by atomic mass is 10.1. The minimum absolute atomic E-state index is 0.0212. The van der Waals surface area contributed by atoms with Crippen LogP contribution in [0.3, 0.4) is 0 Å². The molecule has 0 bridgehead atoms. The molecule has 152 valence electrons. The van der Waals surface area contributed by atoms with Gasteiger partial charge >= 0.3 is 0 Å². The summed E-state index contributed by atoms with van der Waals surface area (Å²) in [6, 6.07) is 7.48. The molecule has 0 radical (unpaired) electrons. The highest BCUT2D eigenvalue weighted by atomic mass is 16.5. The second-order valence-corrected chi connectivity index (χ2v) is 8.48. The lowest BCUT2D eigenvalue weighted by Crippen LogP contribution is -2.49. The number of benzene rings is 1. The van der Waals surface area contributed by atoms with E-state index >= 15 is 0 Å². The van der Waals surface area contributed by atoms with Gasteiger partial charge in [0.1, 0.15) is 5.75 Å². The number of carbonyl (C=O) groups excluding carboxylic acids is 1. The van der Waals surface area contributed by atoms with Crippen LogP contribution in [0.15, 0.2) is 24.3 Å². The topological polar surface area (TPSA) is 53.0 Å². The quantitative estimate of drug-likeness (QED) is 0.716. The Bertz CT molecular complexity index is 589. The Labute approximate surface area is 164 Å². The third-order valence-corrected chi connectivity index (χ3v) is 4.94. The van der Waals surface area contributed by atoms with Crippen LogP contribution in [0.25, 0.3) is 0 Å². The van der Waals surface area contributed by atoms with Crippen LogP contribution in [-0.2, 0) is 16.1 Å². The van der Waals surface area contributed by atoms with Gasteiger partial charge in [0.05, 0.1) is 12.7 Å². The fourth-order valence-electron chi connectivity index (χ4n) is 3.38. The first kappa shape index (κ1) is 21.7. The number of nitrogens with zero attached hydrogens (tertiary/aromatic N) is 2. The Morgan fingerprint density at radius 2 is 2.00 bits per heavy atom. The molecule has 1 aliphatic heterocycles. The average Bonchev–Trinajstić information content (AvgIpc) is 2.60. The summed E-state index contributed by atoms with van der Waals surface area (Å²) in [6.07, 6.45) is 1.62. The number of morpholine rings is 1. The molecule has 0 aromatic heterocycles. The minimum Gasteiger partial charge on any atom is -0.508 e. The zero-order valence-electron chi connectivity index (χ0n) is 17.4. The Morgan fingerprint density at radius 1 is 1.26 bits per heavy atom. The first-order chi connectivity index (χ1) is 12.8. The summed E-state index contributed by atoms with van der Waals surface area (Å²) in [5, 5.41) is 10.0. The minimum atomic E-state index is 0.0212. The van der Waals surface area contributed by atoms with E-state index in [1.165, 1.54) is 0 Å². The number of phenols is 1. The first-order valence-electron chi connectivity index (χ1n) is 10.2. The molecule has 0 aliphatic carbocycles. The Kier molecular flexibility index (Phi) is 8.58. The largest absolute Gasteiger partial charge is 0.508 e. The Morgan fingerprint density at radius 3 is 2.67 bits per heavy atom. The molecule has 1 aromatic carbocycles. The monoisotopic (exact) mass is 376 g/mol. The van der Waals surface area contributed by atoms with Crippen LogP contribution in [0.1, 0.15) is 46.1 Å². The molecule has 1 aromatic rings. The molecule has 1 N–H and O–H groups in total. The smallest absolute Gasteiger partial charge is 0.222 e. The van der Waals surface area contributed by atoms with Gasteiger partial charge in [-0.25, -0.2) is 0 Å². The number of aromatic hydroxyl groups is 1. The van der Waals surface area contributed by atoms with Crippen molar-refractivity contribution in [2.24, 2.45) is 11.8 Å². The van der Waals surface area contributed by atoms with Crippen LogP contribution in [0.4, 0.5) is 0 Å². The molecule has 5 nitrogen and oxygen atoms in total. The third-order valence-electron chi connectivity index (χ3n) is 4.94. The zero-order chi connectivity index (χ0) is 19.8. The number of rotatable bonds is 9. The normalized spacial score (nSPS) is 18.2. The molecular formula is C22H36N2O3. The van der Waals surface area contributed by atoms with E-state index in [9.17, 15) is 9.90 Å². The standard InChI is InChI=1S/C22H36N2O3/c1-17(2)9-10-24(22(26)13-18(3)4)16-20-15-23(11-12-27-20)14-19-7-5-6-8-21(19)25/h5-8,17-18,20,25H,9-16H2,1-4H3/t20-/m1/s1. The number of amides is 1. The maximum Gasteiger partial charge on any atom is 0.222 e. The molecule has 1 heterocycles. The average molecular weight is 377 g/mol. The van der Waals surface area contributed by atoms with Gasteiger partial charge in [0, 0.05) is 44.7 Å². The molecule has 2 rings (SSSR count). The van der Waals surface area contributed by atoms with Gasteiger partial charge in [-0.2, -0.15) is 0 Å². The SMILES string of the molecule is CC(C)CCN(C[C@H]1CN(Cc2ccccc2O)CCO1)C(=O)CC(C)C. The van der Waals surface area contributed by atoms with Crippen LogP contribution >= 0.6 is 0 Å². The highest BCUT2D eigenvalue weighted by molar-refractivity contribution is 5.76. The molecule has 1 amide bonds. The van der Waals surface area contributed by atoms with Crippen LogP contribution < -0.4 is 0 Å². The highest BCUT2D eigenvalue weighted by Gasteiger charge is 2.25. The van der Waals surface area contributed by atoms with Crippen molar-refractivity contribution in [3.05, 3.63) is 29.8 Å². The molecule has 1 saturated heterocycles. The number of hydrogen-bond donors (Lipinski definition) is 1. The van der Waals surface area contributed by atoms with E-state index in [4.69, 9.17) is 4.74 Å². The summed E-state index contributed by atoms with van der Waals surface area (Å²) < 4.78 is 5.97. The molecule has 1 aliphatic rings. The maximum absolute atomic E-state index is 12.7. The van der Waals surface area contributed by atoms with Crippen molar-refractivity contribution in [2.45, 2.75) is 53.2 Å². The summed E-state index contributed by atoms with van der Waals surface area (Å²) in [4.78, 5) is 17.0. The lowest BCUT2D eigenvalue weighted by Gasteiger charge is -2.36. The van der Waals surface area contributed by atoms with E-state index in [1.807, 2.05) is 23.1 Å². The van der Waals surface area contributed by atoms with Crippen LogP contribution in [-0.4, -0.2) is 59.7 Å². The molecule has 1 fully saturated rings. The van der Waals surface area contributed by atoms with E-state index in [-0.39, 0.29) is 12.0 Å². The van der Waals surface area contributed by atoms with Crippen molar-refractivity contribution < 1.29 is 14.6 Å². The molecular weight excluding hydrogens is 340 g/mol. The van der Waals surface area contributed by atoms with Crippen molar-refractivity contribution in [2.75, 3.05) is 32.8 Å². The van der Waals surface area contributed by atoms with Crippen LogP contribution in [0.5, 0.6) is 5.75 Å². The lowest BCUT2D eigenvalue weighted by molar-refractivity contribution is -0.135. The number of hydrogen-bond acceptors (Lipinski definition) is 4. The third kappa shape index (κ3) is 7.51. The molecule has 27 heavy (non-hydrogen) atoms.